The second-order valence-corrected chi connectivity index (χ2v) is 8.33. The van der Waals surface area contributed by atoms with Gasteiger partial charge in [-0.3, -0.25) is 9.69 Å². The van der Waals surface area contributed by atoms with Gasteiger partial charge in [-0.05, 0) is 28.7 Å². The number of fused-ring (bicyclic) bond motifs is 4. The van der Waals surface area contributed by atoms with E-state index in [-0.39, 0.29) is 23.9 Å². The number of carbonyl (C=O) groups excluding carboxylic acids is 2. The summed E-state index contributed by atoms with van der Waals surface area (Å²) in [5.41, 5.74) is 4.43. The van der Waals surface area contributed by atoms with Crippen molar-refractivity contribution in [3.05, 3.63) is 71.4 Å². The van der Waals surface area contributed by atoms with Crippen LogP contribution in [0.25, 0.3) is 11.1 Å². The molecule has 9 nitrogen and oxygen atoms in total. The number of amides is 2. The van der Waals surface area contributed by atoms with Crippen molar-refractivity contribution in [3.8, 4) is 11.1 Å². The summed E-state index contributed by atoms with van der Waals surface area (Å²) in [6.45, 7) is 2.61. The number of nitrogens with one attached hydrogen (secondary N) is 1. The van der Waals surface area contributed by atoms with Crippen LogP contribution in [-0.4, -0.2) is 52.1 Å². The average molecular weight is 460 g/mol. The lowest BCUT2D eigenvalue weighted by molar-refractivity contribution is -0.120. The summed E-state index contributed by atoms with van der Waals surface area (Å²) in [5.74, 6) is -1.39. The third-order valence-corrected chi connectivity index (χ3v) is 6.44. The maximum absolute atomic E-state index is 13.2. The summed E-state index contributed by atoms with van der Waals surface area (Å²) in [5, 5.41) is 16.1. The second kappa shape index (κ2) is 8.66. The van der Waals surface area contributed by atoms with Gasteiger partial charge in [-0.25, -0.2) is 14.3 Å². The number of aromatic nitrogens is 2. The molecule has 1 aromatic heterocycles. The van der Waals surface area contributed by atoms with Crippen LogP contribution in [0.2, 0.25) is 0 Å². The van der Waals surface area contributed by atoms with E-state index in [1.165, 1.54) is 15.8 Å². The number of ether oxygens (including phenoxy) is 1. The highest BCUT2D eigenvalue weighted by molar-refractivity contribution is 6.04. The predicted molar refractivity (Wildman–Crippen MR) is 124 cm³/mol. The molecule has 0 saturated carbocycles. The van der Waals surface area contributed by atoms with Crippen LogP contribution in [0.5, 0.6) is 0 Å². The van der Waals surface area contributed by atoms with Gasteiger partial charge in [0.05, 0.1) is 12.7 Å². The molecule has 3 aromatic rings. The van der Waals surface area contributed by atoms with Crippen molar-refractivity contribution in [1.82, 2.24) is 15.1 Å². The fourth-order valence-electron chi connectivity index (χ4n) is 4.80. The molecule has 1 aliphatic heterocycles. The van der Waals surface area contributed by atoms with Crippen molar-refractivity contribution in [1.29, 1.82) is 0 Å². The Morgan fingerprint density at radius 1 is 1.09 bits per heavy atom. The number of carboxylic acids is 1. The zero-order valence-electron chi connectivity index (χ0n) is 18.6. The van der Waals surface area contributed by atoms with Crippen molar-refractivity contribution < 1.29 is 24.2 Å². The fourth-order valence-corrected chi connectivity index (χ4v) is 4.80. The van der Waals surface area contributed by atoms with Gasteiger partial charge < -0.3 is 15.2 Å². The molecular weight excluding hydrogens is 436 g/mol. The summed E-state index contributed by atoms with van der Waals surface area (Å²) in [4.78, 5) is 38.7. The molecule has 1 unspecified atom stereocenters. The SMILES string of the molecule is CCC(NC(=O)OCC1c2ccccc2-c2ccccc21)C(=O)N1CCn2ncc(C(=O)O)c21. The van der Waals surface area contributed by atoms with Gasteiger partial charge in [0, 0.05) is 12.5 Å². The van der Waals surface area contributed by atoms with Crippen molar-refractivity contribution in [2.45, 2.75) is 31.8 Å². The van der Waals surface area contributed by atoms with Crippen molar-refractivity contribution in [2.75, 3.05) is 18.1 Å². The molecule has 1 atom stereocenters. The molecule has 34 heavy (non-hydrogen) atoms. The van der Waals surface area contributed by atoms with Crippen LogP contribution in [0, 0.1) is 0 Å². The Morgan fingerprint density at radius 3 is 2.35 bits per heavy atom. The van der Waals surface area contributed by atoms with Crippen LogP contribution in [0.1, 0.15) is 40.7 Å². The van der Waals surface area contributed by atoms with E-state index in [1.54, 1.807) is 6.92 Å². The van der Waals surface area contributed by atoms with Crippen LogP contribution in [-0.2, 0) is 16.1 Å². The molecule has 0 spiro atoms. The predicted octanol–water partition coefficient (Wildman–Crippen LogP) is 3.25. The Balaban J connectivity index is 1.27. The lowest BCUT2D eigenvalue weighted by atomic mass is 9.98. The molecule has 2 heterocycles. The van der Waals surface area contributed by atoms with E-state index in [0.29, 0.717) is 19.5 Å². The average Bonchev–Trinajstić information content (AvgIpc) is 3.53. The molecule has 0 saturated heterocycles. The minimum absolute atomic E-state index is 0.0400. The fraction of sp³-hybridized carbons (Fsp3) is 0.280. The minimum atomic E-state index is -1.15. The normalized spacial score (nSPS) is 14.8. The van der Waals surface area contributed by atoms with Crippen LogP contribution in [0.4, 0.5) is 10.6 Å². The molecule has 0 radical (unpaired) electrons. The van der Waals surface area contributed by atoms with E-state index in [1.807, 2.05) is 36.4 Å². The van der Waals surface area contributed by atoms with Gasteiger partial charge in [0.25, 0.3) is 5.91 Å². The molecule has 5 rings (SSSR count). The number of nitrogens with zero attached hydrogens (tertiary/aromatic N) is 3. The first kappa shape index (κ1) is 21.7. The van der Waals surface area contributed by atoms with E-state index in [0.717, 1.165) is 22.3 Å². The van der Waals surface area contributed by atoms with Crippen LogP contribution < -0.4 is 10.2 Å². The van der Waals surface area contributed by atoms with Crippen molar-refractivity contribution in [2.24, 2.45) is 0 Å². The number of aromatic carboxylic acids is 1. The van der Waals surface area contributed by atoms with Gasteiger partial charge in [-0.1, -0.05) is 55.5 Å². The van der Waals surface area contributed by atoms with Gasteiger partial charge in [0.15, 0.2) is 0 Å². The van der Waals surface area contributed by atoms with Crippen LogP contribution >= 0.6 is 0 Å². The zero-order valence-corrected chi connectivity index (χ0v) is 18.6. The summed E-state index contributed by atoms with van der Waals surface area (Å²) in [6, 6.07) is 15.3. The second-order valence-electron chi connectivity index (χ2n) is 8.33. The minimum Gasteiger partial charge on any atom is -0.477 e. The largest absolute Gasteiger partial charge is 0.477 e. The first-order valence-corrected chi connectivity index (χ1v) is 11.2. The molecule has 1 aliphatic carbocycles. The lowest BCUT2D eigenvalue weighted by Crippen LogP contribution is -2.48. The monoisotopic (exact) mass is 460 g/mol. The maximum Gasteiger partial charge on any atom is 0.407 e. The summed E-state index contributed by atoms with van der Waals surface area (Å²) in [7, 11) is 0. The topological polar surface area (TPSA) is 114 Å². The molecule has 174 valence electrons. The van der Waals surface area contributed by atoms with E-state index in [4.69, 9.17) is 4.74 Å². The summed E-state index contributed by atoms with van der Waals surface area (Å²) >= 11 is 0. The van der Waals surface area contributed by atoms with Crippen LogP contribution in [0.3, 0.4) is 0 Å². The summed E-state index contributed by atoms with van der Waals surface area (Å²) < 4.78 is 7.06. The Hall–Kier alpha value is -4.14. The van der Waals surface area contributed by atoms with E-state index in [9.17, 15) is 19.5 Å². The number of carboxylic acid groups (broad SMARTS) is 1. The number of hydrogen-bond acceptors (Lipinski definition) is 5. The summed E-state index contributed by atoms with van der Waals surface area (Å²) in [6.07, 6.45) is 0.876. The molecule has 9 heteroatoms. The molecular formula is C25H24N4O5. The van der Waals surface area contributed by atoms with Crippen molar-refractivity contribution >= 4 is 23.8 Å². The molecule has 0 fully saturated rings. The Labute approximate surface area is 195 Å². The molecule has 2 aromatic carbocycles. The molecule has 2 N–H and O–H groups in total. The van der Waals surface area contributed by atoms with E-state index in [2.05, 4.69) is 22.5 Å². The number of anilines is 1. The van der Waals surface area contributed by atoms with Gasteiger partial charge >= 0.3 is 12.1 Å². The maximum atomic E-state index is 13.2. The van der Waals surface area contributed by atoms with Gasteiger partial charge in [-0.2, -0.15) is 5.10 Å². The molecule has 2 aliphatic rings. The van der Waals surface area contributed by atoms with Crippen molar-refractivity contribution in [3.63, 3.8) is 0 Å². The molecule has 2 amide bonds. The smallest absolute Gasteiger partial charge is 0.407 e. The third-order valence-electron chi connectivity index (χ3n) is 6.44. The number of benzene rings is 2. The van der Waals surface area contributed by atoms with Gasteiger partial charge in [0.1, 0.15) is 24.0 Å². The quantitative estimate of drug-likeness (QED) is 0.584. The van der Waals surface area contributed by atoms with E-state index >= 15 is 0 Å². The number of carbonyl (C=O) groups is 3. The van der Waals surface area contributed by atoms with Gasteiger partial charge in [0.2, 0.25) is 0 Å². The first-order valence-electron chi connectivity index (χ1n) is 11.2. The number of alkyl carbamates (subject to hydrolysis) is 1. The highest BCUT2D eigenvalue weighted by Crippen LogP contribution is 2.44. The lowest BCUT2D eigenvalue weighted by Gasteiger charge is -2.23. The standard InChI is InChI=1S/C25H24N4O5/c1-2-21(23(30)28-11-12-29-22(28)19(13-26-29)24(31)32)27-25(33)34-14-20-17-9-5-3-7-15(17)16-8-4-6-10-18(16)20/h3-10,13,20-21H,2,11-12,14H2,1H3,(H,27,33)(H,31,32). The first-order chi connectivity index (χ1) is 16.5. The zero-order chi connectivity index (χ0) is 23.8. The third kappa shape index (κ3) is 3.59. The number of rotatable bonds is 6. The Bertz CT molecular complexity index is 1240. The van der Waals surface area contributed by atoms with Gasteiger partial charge in [-0.15, -0.1) is 0 Å². The van der Waals surface area contributed by atoms with E-state index < -0.39 is 24.0 Å². The van der Waals surface area contributed by atoms with Crippen LogP contribution in [0.15, 0.2) is 54.7 Å². The Kier molecular flexibility index (Phi) is 5.53. The molecule has 0 bridgehead atoms. The Morgan fingerprint density at radius 2 is 1.74 bits per heavy atom. The highest BCUT2D eigenvalue weighted by Gasteiger charge is 2.35. The highest BCUT2D eigenvalue weighted by atomic mass is 16.5. The number of hydrogen-bond donors (Lipinski definition) is 2.